The zero-order valence-electron chi connectivity index (χ0n) is 20.6. The van der Waals surface area contributed by atoms with E-state index in [1.807, 2.05) is 44.2 Å². The molecule has 1 unspecified atom stereocenters. The van der Waals surface area contributed by atoms with Gasteiger partial charge in [0.15, 0.2) is 0 Å². The predicted octanol–water partition coefficient (Wildman–Crippen LogP) is 3.32. The van der Waals surface area contributed by atoms with Crippen LogP contribution in [-0.2, 0) is 26.0 Å². The molecule has 0 aromatic heterocycles. The summed E-state index contributed by atoms with van der Waals surface area (Å²) in [6.45, 7) is 6.95. The van der Waals surface area contributed by atoms with Crippen LogP contribution in [0.4, 0.5) is 0 Å². The van der Waals surface area contributed by atoms with E-state index in [-0.39, 0.29) is 29.7 Å². The fourth-order valence-corrected chi connectivity index (χ4v) is 4.74. The van der Waals surface area contributed by atoms with E-state index in [1.54, 1.807) is 42.2 Å². The fraction of sp³-hybridized carbons (Fsp3) is 0.462. The molecule has 0 saturated carbocycles. The van der Waals surface area contributed by atoms with E-state index in [0.717, 1.165) is 5.56 Å². The van der Waals surface area contributed by atoms with Gasteiger partial charge in [-0.25, -0.2) is 12.7 Å². The summed E-state index contributed by atoms with van der Waals surface area (Å²) in [7, 11) is -2.09. The predicted molar refractivity (Wildman–Crippen MR) is 135 cm³/mol. The molecule has 186 valence electrons. The second-order valence-corrected chi connectivity index (χ2v) is 10.9. The number of carbonyl (C=O) groups excluding carboxylic acids is 2. The van der Waals surface area contributed by atoms with Crippen LogP contribution in [0.25, 0.3) is 0 Å². The highest BCUT2D eigenvalue weighted by Gasteiger charge is 2.26. The van der Waals surface area contributed by atoms with Crippen LogP contribution in [0.1, 0.15) is 39.2 Å². The molecular weight excluding hydrogens is 450 g/mol. The molecule has 0 spiro atoms. The molecule has 2 amide bonds. The molecule has 2 aromatic carbocycles. The first-order valence-electron chi connectivity index (χ1n) is 11.8. The van der Waals surface area contributed by atoms with Crippen molar-refractivity contribution in [1.29, 1.82) is 0 Å². The number of hydrogen-bond donors (Lipinski definition) is 1. The standard InChI is InChI=1S/C26H37N3O4S/c1-21(2)20-27-26(31)22(3)29(19-17-23-12-7-5-8-13-23)25(30)16-11-18-28(4)34(32,33)24-14-9-6-10-15-24/h5-10,12-15,21-22H,11,16-20H2,1-4H3,(H,27,31). The lowest BCUT2D eigenvalue weighted by molar-refractivity contribution is -0.140. The smallest absolute Gasteiger partial charge is 0.242 e. The van der Waals surface area contributed by atoms with Crippen molar-refractivity contribution in [3.05, 3.63) is 66.2 Å². The van der Waals surface area contributed by atoms with Crippen molar-refractivity contribution in [3.8, 4) is 0 Å². The third kappa shape index (κ3) is 8.25. The summed E-state index contributed by atoms with van der Waals surface area (Å²) in [6, 6.07) is 17.5. The van der Waals surface area contributed by atoms with Gasteiger partial charge in [-0.2, -0.15) is 0 Å². The molecule has 2 rings (SSSR count). The van der Waals surface area contributed by atoms with E-state index in [2.05, 4.69) is 5.32 Å². The Hall–Kier alpha value is -2.71. The molecule has 34 heavy (non-hydrogen) atoms. The van der Waals surface area contributed by atoms with Crippen molar-refractivity contribution in [3.63, 3.8) is 0 Å². The van der Waals surface area contributed by atoms with Crippen molar-refractivity contribution in [1.82, 2.24) is 14.5 Å². The molecule has 1 atom stereocenters. The highest BCUT2D eigenvalue weighted by Crippen LogP contribution is 2.15. The van der Waals surface area contributed by atoms with Crippen LogP contribution in [0.3, 0.4) is 0 Å². The first-order chi connectivity index (χ1) is 16.1. The highest BCUT2D eigenvalue weighted by molar-refractivity contribution is 7.89. The molecule has 0 heterocycles. The molecular formula is C26H37N3O4S. The number of rotatable bonds is 13. The van der Waals surface area contributed by atoms with Crippen molar-refractivity contribution < 1.29 is 18.0 Å². The van der Waals surface area contributed by atoms with Crippen molar-refractivity contribution in [2.75, 3.05) is 26.7 Å². The Morgan fingerprint density at radius 3 is 2.09 bits per heavy atom. The minimum absolute atomic E-state index is 0.158. The third-order valence-corrected chi connectivity index (χ3v) is 7.52. The van der Waals surface area contributed by atoms with Crippen LogP contribution in [0.2, 0.25) is 0 Å². The lowest BCUT2D eigenvalue weighted by Crippen LogP contribution is -2.49. The van der Waals surface area contributed by atoms with E-state index in [4.69, 9.17) is 0 Å². The lowest BCUT2D eigenvalue weighted by Gasteiger charge is -2.29. The Bertz CT molecular complexity index is 1010. The van der Waals surface area contributed by atoms with Gasteiger partial charge in [0, 0.05) is 33.1 Å². The summed E-state index contributed by atoms with van der Waals surface area (Å²) < 4.78 is 26.7. The Labute approximate surface area is 204 Å². The minimum Gasteiger partial charge on any atom is -0.354 e. The van der Waals surface area contributed by atoms with E-state index in [9.17, 15) is 18.0 Å². The Balaban J connectivity index is 2.01. The molecule has 8 heteroatoms. The van der Waals surface area contributed by atoms with Crippen LogP contribution in [0.15, 0.2) is 65.6 Å². The monoisotopic (exact) mass is 487 g/mol. The van der Waals surface area contributed by atoms with Gasteiger partial charge in [0.2, 0.25) is 21.8 Å². The van der Waals surface area contributed by atoms with Gasteiger partial charge in [-0.3, -0.25) is 9.59 Å². The maximum Gasteiger partial charge on any atom is 0.242 e. The van der Waals surface area contributed by atoms with Gasteiger partial charge >= 0.3 is 0 Å². The first-order valence-corrected chi connectivity index (χ1v) is 13.2. The normalized spacial score (nSPS) is 12.5. The lowest BCUT2D eigenvalue weighted by atomic mass is 10.1. The largest absolute Gasteiger partial charge is 0.354 e. The summed E-state index contributed by atoms with van der Waals surface area (Å²) in [5, 5.41) is 2.91. The zero-order valence-corrected chi connectivity index (χ0v) is 21.4. The van der Waals surface area contributed by atoms with Gasteiger partial charge in [0.25, 0.3) is 0 Å². The first kappa shape index (κ1) is 27.5. The average molecular weight is 488 g/mol. The number of carbonyl (C=O) groups is 2. The molecule has 0 radical (unpaired) electrons. The molecule has 2 aromatic rings. The molecule has 1 N–H and O–H groups in total. The Kier molecular flexibility index (Phi) is 10.7. The molecule has 0 saturated heterocycles. The van der Waals surface area contributed by atoms with Crippen molar-refractivity contribution in [2.24, 2.45) is 5.92 Å². The third-order valence-electron chi connectivity index (χ3n) is 5.65. The Morgan fingerprint density at radius 1 is 0.912 bits per heavy atom. The topological polar surface area (TPSA) is 86.8 Å². The van der Waals surface area contributed by atoms with E-state index in [0.29, 0.717) is 31.8 Å². The van der Waals surface area contributed by atoms with Crippen LogP contribution in [0, 0.1) is 5.92 Å². The fourth-order valence-electron chi connectivity index (χ4n) is 3.51. The van der Waals surface area contributed by atoms with Gasteiger partial charge in [-0.15, -0.1) is 0 Å². The zero-order chi connectivity index (χ0) is 25.1. The SMILES string of the molecule is CC(C)CNC(=O)C(C)N(CCc1ccccc1)C(=O)CCCN(C)S(=O)(=O)c1ccccc1. The maximum absolute atomic E-state index is 13.1. The van der Waals surface area contributed by atoms with Gasteiger partial charge < -0.3 is 10.2 Å². The van der Waals surface area contributed by atoms with Crippen LogP contribution in [0.5, 0.6) is 0 Å². The number of amides is 2. The van der Waals surface area contributed by atoms with Gasteiger partial charge in [-0.05, 0) is 43.4 Å². The summed E-state index contributed by atoms with van der Waals surface area (Å²) in [5.74, 6) is -0.0285. The van der Waals surface area contributed by atoms with Gasteiger partial charge in [0.1, 0.15) is 6.04 Å². The number of nitrogens with zero attached hydrogens (tertiary/aromatic N) is 2. The number of benzene rings is 2. The molecule has 0 aliphatic heterocycles. The second-order valence-electron chi connectivity index (χ2n) is 8.88. The van der Waals surface area contributed by atoms with Gasteiger partial charge in [0.05, 0.1) is 4.90 Å². The quantitative estimate of drug-likeness (QED) is 0.470. The highest BCUT2D eigenvalue weighted by atomic mass is 32.2. The molecule has 0 aliphatic rings. The summed E-state index contributed by atoms with van der Waals surface area (Å²) >= 11 is 0. The van der Waals surface area contributed by atoms with E-state index < -0.39 is 16.1 Å². The van der Waals surface area contributed by atoms with Gasteiger partial charge in [-0.1, -0.05) is 62.4 Å². The summed E-state index contributed by atoms with van der Waals surface area (Å²) in [5.41, 5.74) is 1.09. The molecule has 0 bridgehead atoms. The van der Waals surface area contributed by atoms with E-state index in [1.165, 1.54) is 11.4 Å². The van der Waals surface area contributed by atoms with E-state index >= 15 is 0 Å². The van der Waals surface area contributed by atoms with Crippen LogP contribution in [-0.4, -0.2) is 62.2 Å². The molecule has 0 aliphatic carbocycles. The molecule has 0 fully saturated rings. The second kappa shape index (κ2) is 13.2. The number of hydrogen-bond acceptors (Lipinski definition) is 4. The number of nitrogens with one attached hydrogen (secondary N) is 1. The van der Waals surface area contributed by atoms with Crippen LogP contribution < -0.4 is 5.32 Å². The minimum atomic E-state index is -3.60. The number of sulfonamides is 1. The maximum atomic E-state index is 13.1. The molecule has 7 nitrogen and oxygen atoms in total. The summed E-state index contributed by atoms with van der Waals surface area (Å²) in [4.78, 5) is 27.6. The Morgan fingerprint density at radius 2 is 1.50 bits per heavy atom. The van der Waals surface area contributed by atoms with Crippen molar-refractivity contribution in [2.45, 2.75) is 51.0 Å². The summed E-state index contributed by atoms with van der Waals surface area (Å²) in [6.07, 6.45) is 1.16. The van der Waals surface area contributed by atoms with Crippen molar-refractivity contribution >= 4 is 21.8 Å². The van der Waals surface area contributed by atoms with Crippen LogP contribution >= 0.6 is 0 Å². The average Bonchev–Trinajstić information content (AvgIpc) is 2.83.